The van der Waals surface area contributed by atoms with Gasteiger partial charge >= 0.3 is 5.69 Å². The standard InChI is InChI=1S/C29H26ClF2N7O2/c30-19-14-22(26(27(31)32)34-15-19)28(40)36-20-8-6-18(7-9-20)17-37-23-4-1-2-5-24(23)39(29(37)41)21-10-11-25(33-16-21)38-13-3-12-35-38/h1-5,10-16,18,20,27H,6-9,17H2,(H,36,40)/t18-,20-. The van der Waals surface area contributed by atoms with Crippen molar-refractivity contribution in [2.24, 2.45) is 5.92 Å². The predicted octanol–water partition coefficient (Wildman–Crippen LogP) is 5.35. The zero-order valence-corrected chi connectivity index (χ0v) is 22.6. The largest absolute Gasteiger partial charge is 0.349 e. The molecular weight excluding hydrogens is 552 g/mol. The summed E-state index contributed by atoms with van der Waals surface area (Å²) in [6.07, 6.45) is 6.24. The van der Waals surface area contributed by atoms with E-state index in [1.54, 1.807) is 32.4 Å². The summed E-state index contributed by atoms with van der Waals surface area (Å²) in [5.41, 5.74) is 1.34. The van der Waals surface area contributed by atoms with Gasteiger partial charge in [-0.2, -0.15) is 5.10 Å². The fourth-order valence-corrected chi connectivity index (χ4v) is 5.66. The molecule has 5 aromatic rings. The Morgan fingerprint density at radius 2 is 1.80 bits per heavy atom. The van der Waals surface area contributed by atoms with Crippen molar-refractivity contribution < 1.29 is 13.6 Å². The highest BCUT2D eigenvalue weighted by molar-refractivity contribution is 6.30. The van der Waals surface area contributed by atoms with E-state index in [2.05, 4.69) is 20.4 Å². The molecular formula is C29H26ClF2N7O2. The molecule has 4 aromatic heterocycles. The first kappa shape index (κ1) is 26.8. The van der Waals surface area contributed by atoms with Crippen molar-refractivity contribution in [2.45, 2.75) is 44.7 Å². The second-order valence-electron chi connectivity index (χ2n) is 10.1. The number of benzene rings is 1. The summed E-state index contributed by atoms with van der Waals surface area (Å²) in [6, 6.07) is 14.2. The molecule has 1 aromatic carbocycles. The van der Waals surface area contributed by atoms with E-state index >= 15 is 0 Å². The van der Waals surface area contributed by atoms with E-state index in [4.69, 9.17) is 11.6 Å². The van der Waals surface area contributed by atoms with Crippen molar-refractivity contribution in [1.29, 1.82) is 0 Å². The Morgan fingerprint density at radius 1 is 1.02 bits per heavy atom. The summed E-state index contributed by atoms with van der Waals surface area (Å²) < 4.78 is 31.8. The highest BCUT2D eigenvalue weighted by Crippen LogP contribution is 2.29. The van der Waals surface area contributed by atoms with Gasteiger partial charge < -0.3 is 5.32 Å². The second kappa shape index (κ2) is 11.2. The number of carbonyl (C=O) groups is 1. The van der Waals surface area contributed by atoms with Gasteiger partial charge in [-0.15, -0.1) is 0 Å². The summed E-state index contributed by atoms with van der Waals surface area (Å²) >= 11 is 5.90. The lowest BCUT2D eigenvalue weighted by Gasteiger charge is -2.29. The summed E-state index contributed by atoms with van der Waals surface area (Å²) in [5.74, 6) is 0.256. The van der Waals surface area contributed by atoms with Crippen molar-refractivity contribution in [3.05, 3.63) is 100 Å². The second-order valence-corrected chi connectivity index (χ2v) is 10.6. The van der Waals surface area contributed by atoms with E-state index in [9.17, 15) is 18.4 Å². The van der Waals surface area contributed by atoms with Crippen LogP contribution in [-0.2, 0) is 6.54 Å². The minimum Gasteiger partial charge on any atom is -0.349 e. The zero-order valence-electron chi connectivity index (χ0n) is 21.8. The number of halogens is 3. The van der Waals surface area contributed by atoms with E-state index < -0.39 is 18.0 Å². The number of imidazole rings is 1. The molecule has 1 N–H and O–H groups in total. The van der Waals surface area contributed by atoms with Gasteiger partial charge in [-0.25, -0.2) is 23.2 Å². The number of amides is 1. The summed E-state index contributed by atoms with van der Waals surface area (Å²) in [4.78, 5) is 34.6. The van der Waals surface area contributed by atoms with E-state index in [0.29, 0.717) is 30.9 Å². The van der Waals surface area contributed by atoms with Crippen LogP contribution in [0.25, 0.3) is 22.5 Å². The summed E-state index contributed by atoms with van der Waals surface area (Å²) in [7, 11) is 0. The Hall–Kier alpha value is -4.38. The maximum absolute atomic E-state index is 13.7. The van der Waals surface area contributed by atoms with Gasteiger partial charge in [0.25, 0.3) is 12.3 Å². The molecule has 0 bridgehead atoms. The lowest BCUT2D eigenvalue weighted by Crippen LogP contribution is -2.39. The Labute approximate surface area is 238 Å². The van der Waals surface area contributed by atoms with Crippen molar-refractivity contribution in [2.75, 3.05) is 0 Å². The van der Waals surface area contributed by atoms with Crippen molar-refractivity contribution in [1.82, 2.24) is 34.2 Å². The lowest BCUT2D eigenvalue weighted by atomic mass is 9.85. The number of aromatic nitrogens is 6. The first-order chi connectivity index (χ1) is 19.9. The number of nitrogens with one attached hydrogen (secondary N) is 1. The fourth-order valence-electron chi connectivity index (χ4n) is 5.50. The van der Waals surface area contributed by atoms with Crippen molar-refractivity contribution in [3.63, 3.8) is 0 Å². The molecule has 210 valence electrons. The quantitative estimate of drug-likeness (QED) is 0.281. The van der Waals surface area contributed by atoms with Gasteiger partial charge in [-0.05, 0) is 68.0 Å². The third-order valence-electron chi connectivity index (χ3n) is 7.52. The first-order valence-corrected chi connectivity index (χ1v) is 13.7. The molecule has 0 atom stereocenters. The van der Waals surface area contributed by atoms with Crippen LogP contribution in [0.3, 0.4) is 0 Å². The highest BCUT2D eigenvalue weighted by atomic mass is 35.5. The average Bonchev–Trinajstić information content (AvgIpc) is 3.61. The molecule has 1 saturated carbocycles. The number of carbonyl (C=O) groups excluding carboxylic acids is 1. The molecule has 1 aliphatic carbocycles. The van der Waals surface area contributed by atoms with Crippen LogP contribution in [0.1, 0.15) is 48.2 Å². The number of pyridine rings is 2. The van der Waals surface area contributed by atoms with Gasteiger partial charge in [0, 0.05) is 31.2 Å². The third kappa shape index (κ3) is 5.37. The van der Waals surface area contributed by atoms with Crippen LogP contribution >= 0.6 is 11.6 Å². The van der Waals surface area contributed by atoms with Crippen LogP contribution in [0.2, 0.25) is 5.02 Å². The van der Waals surface area contributed by atoms with Crippen molar-refractivity contribution in [3.8, 4) is 11.5 Å². The molecule has 0 unspecified atom stereocenters. The topological polar surface area (TPSA) is 99.6 Å². The molecule has 0 radical (unpaired) electrons. The zero-order chi connectivity index (χ0) is 28.5. The third-order valence-corrected chi connectivity index (χ3v) is 7.73. The van der Waals surface area contributed by atoms with Crippen LogP contribution in [0.4, 0.5) is 8.78 Å². The minimum absolute atomic E-state index is 0.123. The van der Waals surface area contributed by atoms with Crippen molar-refractivity contribution >= 4 is 28.5 Å². The van der Waals surface area contributed by atoms with Crippen LogP contribution in [0.15, 0.2) is 78.1 Å². The number of para-hydroxylation sites is 2. The van der Waals surface area contributed by atoms with Gasteiger partial charge in [0.2, 0.25) is 0 Å². The number of fused-ring (bicyclic) bond motifs is 1. The molecule has 1 aliphatic rings. The number of hydrogen-bond acceptors (Lipinski definition) is 5. The minimum atomic E-state index is -2.88. The molecule has 1 amide bonds. The first-order valence-electron chi connectivity index (χ1n) is 13.3. The SMILES string of the molecule is O=C(N[C@H]1CC[C@H](Cn2c(=O)n(-c3ccc(-n4cccn4)nc3)c3ccccc32)CC1)c1cc(Cl)cnc1C(F)F. The maximum Gasteiger partial charge on any atom is 0.333 e. The van der Waals surface area contributed by atoms with Crippen LogP contribution in [0, 0.1) is 5.92 Å². The molecule has 4 heterocycles. The predicted molar refractivity (Wildman–Crippen MR) is 150 cm³/mol. The Morgan fingerprint density at radius 3 is 2.49 bits per heavy atom. The Kier molecular flexibility index (Phi) is 7.36. The number of hydrogen-bond donors (Lipinski definition) is 1. The average molecular weight is 578 g/mol. The molecule has 41 heavy (non-hydrogen) atoms. The fraction of sp³-hybridized carbons (Fsp3) is 0.276. The van der Waals surface area contributed by atoms with Gasteiger partial charge in [0.05, 0.1) is 33.5 Å². The Bertz CT molecular complexity index is 1740. The molecule has 12 heteroatoms. The van der Waals surface area contributed by atoms with E-state index in [1.807, 2.05) is 42.5 Å². The van der Waals surface area contributed by atoms with Crippen LogP contribution in [-0.4, -0.2) is 40.8 Å². The lowest BCUT2D eigenvalue weighted by molar-refractivity contribution is 0.0904. The monoisotopic (exact) mass is 577 g/mol. The number of nitrogens with zero attached hydrogens (tertiary/aromatic N) is 6. The van der Waals surface area contributed by atoms with Crippen LogP contribution < -0.4 is 11.0 Å². The summed E-state index contributed by atoms with van der Waals surface area (Å²) in [5, 5.41) is 7.19. The number of alkyl halides is 2. The molecule has 6 rings (SSSR count). The highest BCUT2D eigenvalue weighted by Gasteiger charge is 2.27. The normalized spacial score (nSPS) is 17.3. The van der Waals surface area contributed by atoms with Gasteiger partial charge in [-0.3, -0.25) is 18.9 Å². The Balaban J connectivity index is 1.17. The molecule has 0 saturated heterocycles. The molecule has 0 spiro atoms. The summed E-state index contributed by atoms with van der Waals surface area (Å²) in [6.45, 7) is 0.527. The van der Waals surface area contributed by atoms with Gasteiger partial charge in [0.15, 0.2) is 5.82 Å². The van der Waals surface area contributed by atoms with Gasteiger partial charge in [-0.1, -0.05) is 23.7 Å². The maximum atomic E-state index is 13.7. The van der Waals surface area contributed by atoms with E-state index in [1.165, 1.54) is 6.07 Å². The molecule has 9 nitrogen and oxygen atoms in total. The van der Waals surface area contributed by atoms with Crippen LogP contribution in [0.5, 0.6) is 0 Å². The molecule has 0 aliphatic heterocycles. The van der Waals surface area contributed by atoms with E-state index in [-0.39, 0.29) is 28.2 Å². The number of rotatable bonds is 7. The van der Waals surface area contributed by atoms with E-state index in [0.717, 1.165) is 30.1 Å². The van der Waals surface area contributed by atoms with Gasteiger partial charge in [0.1, 0.15) is 5.69 Å². The molecule has 1 fully saturated rings. The smallest absolute Gasteiger partial charge is 0.333 e.